The van der Waals surface area contributed by atoms with Crippen LogP contribution in [0.25, 0.3) is 48.7 Å². The minimum absolute atomic E-state index is 0.597. The first kappa shape index (κ1) is 24.4. The van der Waals surface area contributed by atoms with Crippen LogP contribution in [0, 0.1) is 0 Å². The number of benzene rings is 6. The zero-order valence-electron chi connectivity index (χ0n) is 23.2. The van der Waals surface area contributed by atoms with Crippen molar-refractivity contribution in [2.75, 3.05) is 0 Å². The largest absolute Gasteiger partial charge is 0.455 e. The molecule has 0 bridgehead atoms. The predicted molar refractivity (Wildman–Crippen MR) is 181 cm³/mol. The summed E-state index contributed by atoms with van der Waals surface area (Å²) < 4.78 is 33.1. The molecule has 0 aliphatic carbocycles. The first-order valence-corrected chi connectivity index (χ1v) is 17.1. The van der Waals surface area contributed by atoms with Crippen molar-refractivity contribution >= 4 is 65.6 Å². The lowest BCUT2D eigenvalue weighted by Crippen LogP contribution is -2.34. The Morgan fingerprint density at radius 2 is 1.32 bits per heavy atom. The first-order chi connectivity index (χ1) is 21.7. The number of fused-ring (bicyclic) bond motifs is 9. The molecule has 208 valence electrons. The Morgan fingerprint density at radius 3 is 2.23 bits per heavy atom. The lowest BCUT2D eigenvalue weighted by atomic mass is 10.0. The zero-order chi connectivity index (χ0) is 29.0. The van der Waals surface area contributed by atoms with Crippen LogP contribution in [0.3, 0.4) is 0 Å². The molecule has 2 aromatic heterocycles. The van der Waals surface area contributed by atoms with Gasteiger partial charge in [0.25, 0.3) is 0 Å². The summed E-state index contributed by atoms with van der Waals surface area (Å²) in [6, 6.07) is 45.4. The Labute approximate surface area is 256 Å². The number of nitrogens with zero attached hydrogens (tertiary/aromatic N) is 1. The molecule has 0 fully saturated rings. The van der Waals surface area contributed by atoms with Crippen molar-refractivity contribution in [3.05, 3.63) is 133 Å². The number of hydrogen-bond donors (Lipinski definition) is 0. The van der Waals surface area contributed by atoms with Gasteiger partial charge in [0, 0.05) is 32.1 Å². The molecule has 0 N–H and O–H groups in total. The fourth-order valence-electron chi connectivity index (χ4n) is 6.93. The average molecular weight is 604 g/mol. The van der Waals surface area contributed by atoms with E-state index in [-0.39, 0.29) is 0 Å². The second-order valence-corrected chi connectivity index (χ2v) is 15.2. The maximum Gasteiger partial charge on any atom is 0.195 e. The SMILES string of the molecule is O=P12c3ccccc3Oc3c(-c4ccc5c(c4)c4ccccc4n5-c4ccccc4)ccc(c31)Oc1c2sc2ccccc12. The molecule has 2 aliphatic heterocycles. The van der Waals surface area contributed by atoms with Gasteiger partial charge in [0.05, 0.1) is 16.3 Å². The van der Waals surface area contributed by atoms with Crippen molar-refractivity contribution in [1.29, 1.82) is 0 Å². The van der Waals surface area contributed by atoms with Crippen molar-refractivity contribution < 1.29 is 14.0 Å². The Hall–Kier alpha value is -5.09. The number of aromatic nitrogens is 1. The van der Waals surface area contributed by atoms with Gasteiger partial charge in [-0.3, -0.25) is 0 Å². The van der Waals surface area contributed by atoms with Gasteiger partial charge in [0.15, 0.2) is 12.9 Å². The molecule has 1 unspecified atom stereocenters. The highest BCUT2D eigenvalue weighted by atomic mass is 32.1. The van der Waals surface area contributed by atoms with E-state index in [0.29, 0.717) is 28.3 Å². The third-order valence-electron chi connectivity index (χ3n) is 8.85. The number of rotatable bonds is 2. The van der Waals surface area contributed by atoms with Crippen LogP contribution in [-0.4, -0.2) is 4.57 Å². The molecule has 6 heteroatoms. The molecule has 0 spiro atoms. The molecule has 0 amide bonds. The zero-order valence-corrected chi connectivity index (χ0v) is 24.9. The van der Waals surface area contributed by atoms with Gasteiger partial charge >= 0.3 is 0 Å². The summed E-state index contributed by atoms with van der Waals surface area (Å²) in [5, 5.41) is 4.69. The van der Waals surface area contributed by atoms with Crippen LogP contribution in [0.15, 0.2) is 133 Å². The summed E-state index contributed by atoms with van der Waals surface area (Å²) >= 11 is 1.56. The molecule has 44 heavy (non-hydrogen) atoms. The Balaban J connectivity index is 1.25. The van der Waals surface area contributed by atoms with Crippen molar-refractivity contribution in [2.45, 2.75) is 0 Å². The minimum Gasteiger partial charge on any atom is -0.455 e. The third kappa shape index (κ3) is 3.10. The highest BCUT2D eigenvalue weighted by molar-refractivity contribution is 7.90. The van der Waals surface area contributed by atoms with Crippen LogP contribution >= 0.6 is 18.5 Å². The second kappa shape index (κ2) is 8.73. The molecule has 0 saturated heterocycles. The van der Waals surface area contributed by atoms with Crippen molar-refractivity contribution in [3.8, 4) is 39.8 Å². The van der Waals surface area contributed by atoms with Crippen molar-refractivity contribution in [3.63, 3.8) is 0 Å². The van der Waals surface area contributed by atoms with Gasteiger partial charge in [-0.25, -0.2) is 0 Å². The Kier molecular flexibility index (Phi) is 4.83. The van der Waals surface area contributed by atoms with E-state index >= 15 is 4.57 Å². The molecule has 4 nitrogen and oxygen atoms in total. The van der Waals surface area contributed by atoms with E-state index in [4.69, 9.17) is 9.47 Å². The fraction of sp³-hybridized carbons (Fsp3) is 0. The van der Waals surface area contributed by atoms with Gasteiger partial charge in [-0.05, 0) is 72.3 Å². The van der Waals surface area contributed by atoms with Crippen LogP contribution < -0.4 is 24.7 Å². The molecule has 4 heterocycles. The quantitative estimate of drug-likeness (QED) is 0.185. The monoisotopic (exact) mass is 603 g/mol. The van der Waals surface area contributed by atoms with Crippen LogP contribution in [0.1, 0.15) is 0 Å². The molecule has 8 aromatic rings. The molecule has 10 rings (SSSR count). The van der Waals surface area contributed by atoms with Crippen molar-refractivity contribution in [1.82, 2.24) is 4.57 Å². The summed E-state index contributed by atoms with van der Waals surface area (Å²) in [5.41, 5.74) is 5.29. The maximum atomic E-state index is 15.7. The summed E-state index contributed by atoms with van der Waals surface area (Å²) in [6.45, 7) is 0. The highest BCUT2D eigenvalue weighted by Crippen LogP contribution is 2.62. The van der Waals surface area contributed by atoms with Crippen LogP contribution in [0.5, 0.6) is 23.0 Å². The van der Waals surface area contributed by atoms with E-state index in [1.54, 1.807) is 11.3 Å². The predicted octanol–water partition coefficient (Wildman–Crippen LogP) is 9.52. The molecular formula is C38H22NO3PS. The van der Waals surface area contributed by atoms with Crippen LogP contribution in [-0.2, 0) is 4.57 Å². The van der Waals surface area contributed by atoms with Gasteiger partial charge in [-0.2, -0.15) is 0 Å². The average Bonchev–Trinajstić information content (AvgIpc) is 3.61. The van der Waals surface area contributed by atoms with Crippen molar-refractivity contribution in [2.24, 2.45) is 0 Å². The Morgan fingerprint density at radius 1 is 0.591 bits per heavy atom. The molecule has 6 aromatic carbocycles. The third-order valence-corrected chi connectivity index (χ3v) is 13.7. The fourth-order valence-corrected chi connectivity index (χ4v) is 11.9. The molecule has 0 radical (unpaired) electrons. The van der Waals surface area contributed by atoms with E-state index in [0.717, 1.165) is 53.2 Å². The van der Waals surface area contributed by atoms with E-state index < -0.39 is 7.14 Å². The maximum absolute atomic E-state index is 15.7. The topological polar surface area (TPSA) is 40.5 Å². The van der Waals surface area contributed by atoms with Crippen LogP contribution in [0.2, 0.25) is 0 Å². The van der Waals surface area contributed by atoms with Crippen LogP contribution in [0.4, 0.5) is 0 Å². The number of thiophene rings is 1. The number of para-hydroxylation sites is 3. The first-order valence-electron chi connectivity index (χ1n) is 14.5. The van der Waals surface area contributed by atoms with E-state index in [1.807, 2.05) is 60.7 Å². The number of hydrogen-bond acceptors (Lipinski definition) is 4. The molecular weight excluding hydrogens is 581 g/mol. The summed E-state index contributed by atoms with van der Waals surface area (Å²) in [4.78, 5) is 0. The standard InChI is InChI=1S/C38H22NO3PS/c40-43-33-16-8-7-15-31(33)41-35-25(19-21-32(37(35)43)42-36-27-13-5-9-17-34(27)44-38(36)43)23-18-20-30-28(22-23)26-12-4-6-14-29(26)39(30)24-10-2-1-3-11-24/h1-22H. The van der Waals surface area contributed by atoms with Gasteiger partial charge in [0.1, 0.15) is 27.2 Å². The summed E-state index contributed by atoms with van der Waals surface area (Å²) in [7, 11) is -3.29. The lowest BCUT2D eigenvalue weighted by molar-refractivity contribution is 0.466. The van der Waals surface area contributed by atoms with Gasteiger partial charge in [0.2, 0.25) is 0 Å². The van der Waals surface area contributed by atoms with E-state index in [2.05, 4.69) is 77.4 Å². The van der Waals surface area contributed by atoms with E-state index in [1.165, 1.54) is 5.39 Å². The molecule has 0 saturated carbocycles. The number of ether oxygens (including phenoxy) is 2. The smallest absolute Gasteiger partial charge is 0.195 e. The Bertz CT molecular complexity index is 2550. The summed E-state index contributed by atoms with van der Waals surface area (Å²) in [6.07, 6.45) is 0. The van der Waals surface area contributed by atoms with E-state index in [9.17, 15) is 0 Å². The summed E-state index contributed by atoms with van der Waals surface area (Å²) in [5.74, 6) is 2.54. The lowest BCUT2D eigenvalue weighted by Gasteiger charge is -2.34. The normalized spacial score (nSPS) is 16.3. The second-order valence-electron chi connectivity index (χ2n) is 11.2. The van der Waals surface area contributed by atoms with Gasteiger partial charge in [-0.15, -0.1) is 11.3 Å². The molecule has 2 aliphatic rings. The van der Waals surface area contributed by atoms with Gasteiger partial charge in [-0.1, -0.05) is 66.7 Å². The highest BCUT2D eigenvalue weighted by Gasteiger charge is 2.49. The van der Waals surface area contributed by atoms with Gasteiger partial charge < -0.3 is 18.6 Å². The minimum atomic E-state index is -3.29. The molecule has 1 atom stereocenters.